The summed E-state index contributed by atoms with van der Waals surface area (Å²) in [5.74, 6) is 1.92. The lowest BCUT2D eigenvalue weighted by atomic mass is 10.3. The Bertz CT molecular complexity index is 809. The molecule has 0 spiro atoms. The molecule has 2 heterocycles. The van der Waals surface area contributed by atoms with Gasteiger partial charge in [0.05, 0.1) is 6.54 Å². The van der Waals surface area contributed by atoms with Gasteiger partial charge in [0.1, 0.15) is 10.8 Å². The highest BCUT2D eigenvalue weighted by molar-refractivity contribution is 7.16. The largest absolute Gasteiger partial charge is 0.412 e. The van der Waals surface area contributed by atoms with Crippen molar-refractivity contribution in [2.24, 2.45) is 0 Å². The molecule has 22 heavy (non-hydrogen) atoms. The maximum absolute atomic E-state index is 11.7. The maximum atomic E-state index is 11.7. The summed E-state index contributed by atoms with van der Waals surface area (Å²) in [6.07, 6.45) is 1.80. The highest BCUT2D eigenvalue weighted by atomic mass is 32.1. The SMILES string of the molecule is O=C(NCc1nn2c(C3CC3)nnc2s1)Oc1ccccc1. The number of amides is 1. The predicted octanol–water partition coefficient (Wildman–Crippen LogP) is 2.35. The van der Waals surface area contributed by atoms with E-state index in [1.165, 1.54) is 11.3 Å². The van der Waals surface area contributed by atoms with E-state index in [9.17, 15) is 4.79 Å². The Balaban J connectivity index is 1.40. The Morgan fingerprint density at radius 1 is 1.32 bits per heavy atom. The molecule has 1 saturated carbocycles. The van der Waals surface area contributed by atoms with Crippen LogP contribution in [0.3, 0.4) is 0 Å². The number of fused-ring (bicyclic) bond motifs is 1. The normalized spacial score (nSPS) is 14.2. The number of hydrogen-bond acceptors (Lipinski definition) is 6. The van der Waals surface area contributed by atoms with Gasteiger partial charge in [-0.25, -0.2) is 4.79 Å². The second kappa shape index (κ2) is 5.38. The third-order valence-electron chi connectivity index (χ3n) is 3.34. The van der Waals surface area contributed by atoms with Crippen molar-refractivity contribution in [1.82, 2.24) is 25.1 Å². The Morgan fingerprint density at radius 3 is 2.91 bits per heavy atom. The second-order valence-electron chi connectivity index (χ2n) is 5.08. The number of carbonyl (C=O) groups excluding carboxylic acids is 1. The molecule has 1 aliphatic rings. The fourth-order valence-corrected chi connectivity index (χ4v) is 2.90. The summed E-state index contributed by atoms with van der Waals surface area (Å²) >= 11 is 1.42. The first-order valence-corrected chi connectivity index (χ1v) is 7.83. The molecule has 0 atom stereocenters. The molecule has 0 saturated heterocycles. The number of aromatic nitrogens is 4. The third-order valence-corrected chi connectivity index (χ3v) is 4.24. The molecule has 1 fully saturated rings. The van der Waals surface area contributed by atoms with Gasteiger partial charge in [0, 0.05) is 5.92 Å². The molecule has 3 aromatic rings. The van der Waals surface area contributed by atoms with Gasteiger partial charge in [0.25, 0.3) is 0 Å². The first-order chi connectivity index (χ1) is 10.8. The standard InChI is InChI=1S/C14H13N5O2S/c20-14(21-10-4-2-1-3-5-10)15-8-11-18-19-12(9-6-7-9)16-17-13(19)22-11/h1-5,9H,6-8H2,(H,15,20). The summed E-state index contributed by atoms with van der Waals surface area (Å²) in [4.78, 5) is 12.5. The van der Waals surface area contributed by atoms with Gasteiger partial charge in [-0.2, -0.15) is 9.61 Å². The van der Waals surface area contributed by atoms with Crippen molar-refractivity contribution in [3.63, 3.8) is 0 Å². The fraction of sp³-hybridized carbons (Fsp3) is 0.286. The number of rotatable bonds is 4. The maximum Gasteiger partial charge on any atom is 0.412 e. The third kappa shape index (κ3) is 2.64. The Morgan fingerprint density at radius 2 is 2.14 bits per heavy atom. The smallest absolute Gasteiger partial charge is 0.410 e. The number of nitrogens with zero attached hydrogens (tertiary/aromatic N) is 4. The van der Waals surface area contributed by atoms with Crippen LogP contribution in [0.15, 0.2) is 30.3 Å². The van der Waals surface area contributed by atoms with Crippen LogP contribution in [0.25, 0.3) is 4.96 Å². The first kappa shape index (κ1) is 13.2. The summed E-state index contributed by atoms with van der Waals surface area (Å²) < 4.78 is 6.94. The number of benzene rings is 1. The zero-order valence-electron chi connectivity index (χ0n) is 11.6. The number of para-hydroxylation sites is 1. The van der Waals surface area contributed by atoms with Crippen molar-refractivity contribution in [2.45, 2.75) is 25.3 Å². The molecule has 4 rings (SSSR count). The molecule has 8 heteroatoms. The van der Waals surface area contributed by atoms with Gasteiger partial charge in [-0.1, -0.05) is 29.5 Å². The van der Waals surface area contributed by atoms with E-state index < -0.39 is 6.09 Å². The van der Waals surface area contributed by atoms with Gasteiger partial charge in [-0.05, 0) is 25.0 Å². The van der Waals surface area contributed by atoms with Crippen LogP contribution in [0, 0.1) is 0 Å². The summed E-state index contributed by atoms with van der Waals surface area (Å²) in [6, 6.07) is 8.94. The van der Waals surface area contributed by atoms with Gasteiger partial charge in [-0.3, -0.25) is 0 Å². The number of nitrogens with one attached hydrogen (secondary N) is 1. The molecule has 7 nitrogen and oxygen atoms in total. The molecule has 0 bridgehead atoms. The molecule has 1 amide bonds. The average molecular weight is 315 g/mol. The van der Waals surface area contributed by atoms with E-state index in [1.54, 1.807) is 16.6 Å². The van der Waals surface area contributed by atoms with Crippen LogP contribution >= 0.6 is 11.3 Å². The number of hydrogen-bond donors (Lipinski definition) is 1. The minimum absolute atomic E-state index is 0.309. The molecule has 0 unspecified atom stereocenters. The molecule has 1 aliphatic carbocycles. The van der Waals surface area contributed by atoms with Crippen LogP contribution in [0.5, 0.6) is 5.75 Å². The van der Waals surface area contributed by atoms with Crippen LogP contribution < -0.4 is 10.1 Å². The minimum Gasteiger partial charge on any atom is -0.410 e. The lowest BCUT2D eigenvalue weighted by Gasteiger charge is -2.04. The van der Waals surface area contributed by atoms with Crippen molar-refractivity contribution in [2.75, 3.05) is 0 Å². The lowest BCUT2D eigenvalue weighted by molar-refractivity contribution is 0.200. The first-order valence-electron chi connectivity index (χ1n) is 7.01. The van der Waals surface area contributed by atoms with Crippen molar-refractivity contribution in [3.05, 3.63) is 41.2 Å². The quantitative estimate of drug-likeness (QED) is 0.799. The van der Waals surface area contributed by atoms with Gasteiger partial charge in [0.15, 0.2) is 5.82 Å². The molecule has 1 aromatic carbocycles. The number of ether oxygens (including phenoxy) is 1. The summed E-state index contributed by atoms with van der Waals surface area (Å²) in [6.45, 7) is 0.309. The van der Waals surface area contributed by atoms with E-state index in [1.807, 2.05) is 18.2 Å². The lowest BCUT2D eigenvalue weighted by Crippen LogP contribution is -2.26. The average Bonchev–Trinajstić information content (AvgIpc) is 3.16. The summed E-state index contributed by atoms with van der Waals surface area (Å²) in [7, 11) is 0. The number of carbonyl (C=O) groups is 1. The van der Waals surface area contributed by atoms with Gasteiger partial charge in [-0.15, -0.1) is 10.2 Å². The molecule has 0 radical (unpaired) electrons. The zero-order chi connectivity index (χ0) is 14.9. The van der Waals surface area contributed by atoms with E-state index in [2.05, 4.69) is 20.6 Å². The Hall–Kier alpha value is -2.48. The molecule has 1 N–H and O–H groups in total. The van der Waals surface area contributed by atoms with Gasteiger partial charge < -0.3 is 10.1 Å². The van der Waals surface area contributed by atoms with Crippen LogP contribution in [0.2, 0.25) is 0 Å². The van der Waals surface area contributed by atoms with Crippen molar-refractivity contribution in [3.8, 4) is 5.75 Å². The van der Waals surface area contributed by atoms with Crippen molar-refractivity contribution >= 4 is 22.4 Å². The summed E-state index contributed by atoms with van der Waals surface area (Å²) in [5, 5.41) is 16.2. The molecule has 112 valence electrons. The van der Waals surface area contributed by atoms with E-state index >= 15 is 0 Å². The van der Waals surface area contributed by atoms with Crippen LogP contribution in [-0.2, 0) is 6.54 Å². The van der Waals surface area contributed by atoms with E-state index in [-0.39, 0.29) is 0 Å². The van der Waals surface area contributed by atoms with E-state index in [4.69, 9.17) is 4.74 Å². The zero-order valence-corrected chi connectivity index (χ0v) is 12.4. The van der Waals surface area contributed by atoms with Crippen molar-refractivity contribution in [1.29, 1.82) is 0 Å². The Kier molecular flexibility index (Phi) is 3.23. The Labute approximate surface area is 129 Å². The van der Waals surface area contributed by atoms with Gasteiger partial charge >= 0.3 is 6.09 Å². The van der Waals surface area contributed by atoms with Crippen LogP contribution in [0.4, 0.5) is 4.79 Å². The minimum atomic E-state index is -0.500. The van der Waals surface area contributed by atoms with Crippen molar-refractivity contribution < 1.29 is 9.53 Å². The van der Waals surface area contributed by atoms with E-state index in [0.717, 1.165) is 28.6 Å². The van der Waals surface area contributed by atoms with Crippen LogP contribution in [-0.4, -0.2) is 25.9 Å². The second-order valence-corrected chi connectivity index (χ2v) is 6.12. The fourth-order valence-electron chi connectivity index (χ4n) is 2.12. The topological polar surface area (TPSA) is 81.4 Å². The predicted molar refractivity (Wildman–Crippen MR) is 79.9 cm³/mol. The monoisotopic (exact) mass is 315 g/mol. The van der Waals surface area contributed by atoms with Crippen LogP contribution in [0.1, 0.15) is 29.6 Å². The molecular formula is C14H13N5O2S. The highest BCUT2D eigenvalue weighted by Crippen LogP contribution is 2.39. The van der Waals surface area contributed by atoms with E-state index in [0.29, 0.717) is 18.2 Å². The molecular weight excluding hydrogens is 302 g/mol. The highest BCUT2D eigenvalue weighted by Gasteiger charge is 2.30. The molecule has 0 aliphatic heterocycles. The summed E-state index contributed by atoms with van der Waals surface area (Å²) in [5.41, 5.74) is 0. The molecule has 2 aromatic heterocycles. The van der Waals surface area contributed by atoms with Gasteiger partial charge in [0.2, 0.25) is 4.96 Å².